The van der Waals surface area contributed by atoms with Crippen LogP contribution in [-0.2, 0) is 6.54 Å². The van der Waals surface area contributed by atoms with Gasteiger partial charge in [-0.1, -0.05) is 17.7 Å². The van der Waals surface area contributed by atoms with E-state index in [9.17, 15) is 0 Å². The SMILES string of the molecule is S=C1N[C@@H](c2ccccn2)[C@@H](c2ccc(Cl)s2)N1Cc1ccncc1. The van der Waals surface area contributed by atoms with Crippen LogP contribution in [0.3, 0.4) is 0 Å². The van der Waals surface area contributed by atoms with E-state index in [1.165, 1.54) is 4.88 Å². The predicted molar refractivity (Wildman–Crippen MR) is 105 cm³/mol. The van der Waals surface area contributed by atoms with Gasteiger partial charge in [-0.2, -0.15) is 0 Å². The number of nitrogens with one attached hydrogen (secondary N) is 1. The minimum atomic E-state index is -0.00902. The number of pyridine rings is 2. The van der Waals surface area contributed by atoms with E-state index in [1.54, 1.807) is 23.7 Å². The van der Waals surface area contributed by atoms with E-state index in [4.69, 9.17) is 23.8 Å². The van der Waals surface area contributed by atoms with Gasteiger partial charge in [-0.15, -0.1) is 11.3 Å². The molecule has 1 aliphatic rings. The summed E-state index contributed by atoms with van der Waals surface area (Å²) in [7, 11) is 0. The van der Waals surface area contributed by atoms with Crippen LogP contribution in [0.2, 0.25) is 4.34 Å². The van der Waals surface area contributed by atoms with Crippen molar-refractivity contribution in [1.29, 1.82) is 0 Å². The van der Waals surface area contributed by atoms with Gasteiger partial charge in [0.2, 0.25) is 0 Å². The molecule has 1 N–H and O–H groups in total. The zero-order chi connectivity index (χ0) is 17.2. The number of halogens is 1. The van der Waals surface area contributed by atoms with E-state index in [1.807, 2.05) is 42.6 Å². The smallest absolute Gasteiger partial charge is 0.170 e. The fraction of sp³-hybridized carbons (Fsp3) is 0.167. The van der Waals surface area contributed by atoms with Crippen molar-refractivity contribution in [3.63, 3.8) is 0 Å². The molecular formula is C18H15ClN4S2. The third-order valence-electron chi connectivity index (χ3n) is 4.19. The zero-order valence-corrected chi connectivity index (χ0v) is 15.6. The van der Waals surface area contributed by atoms with Crippen molar-refractivity contribution in [2.45, 2.75) is 18.6 Å². The van der Waals surface area contributed by atoms with Crippen LogP contribution >= 0.6 is 35.2 Å². The first-order valence-electron chi connectivity index (χ1n) is 7.84. The summed E-state index contributed by atoms with van der Waals surface area (Å²) in [5.74, 6) is 0. The Labute approximate surface area is 160 Å². The molecule has 1 saturated heterocycles. The summed E-state index contributed by atoms with van der Waals surface area (Å²) in [5, 5.41) is 4.17. The van der Waals surface area contributed by atoms with Crippen LogP contribution in [0.1, 0.15) is 28.2 Å². The lowest BCUT2D eigenvalue weighted by Crippen LogP contribution is -2.28. The van der Waals surface area contributed by atoms with E-state index in [2.05, 4.69) is 26.3 Å². The number of hydrogen-bond donors (Lipinski definition) is 1. The Kier molecular flexibility index (Phi) is 4.65. The van der Waals surface area contributed by atoms with Gasteiger partial charge < -0.3 is 10.2 Å². The highest BCUT2D eigenvalue weighted by Crippen LogP contribution is 2.42. The number of nitrogens with zero attached hydrogens (tertiary/aromatic N) is 3. The van der Waals surface area contributed by atoms with Gasteiger partial charge in [-0.05, 0) is 54.2 Å². The third kappa shape index (κ3) is 3.38. The first-order chi connectivity index (χ1) is 12.2. The highest BCUT2D eigenvalue weighted by atomic mass is 35.5. The van der Waals surface area contributed by atoms with Crippen molar-refractivity contribution >= 4 is 40.3 Å². The molecule has 7 heteroatoms. The van der Waals surface area contributed by atoms with Crippen molar-refractivity contribution in [1.82, 2.24) is 20.2 Å². The van der Waals surface area contributed by atoms with Crippen LogP contribution in [0.5, 0.6) is 0 Å². The van der Waals surface area contributed by atoms with Gasteiger partial charge in [0.25, 0.3) is 0 Å². The number of thiophene rings is 1. The maximum Gasteiger partial charge on any atom is 0.170 e. The van der Waals surface area contributed by atoms with Crippen LogP contribution < -0.4 is 5.32 Å². The highest BCUT2D eigenvalue weighted by Gasteiger charge is 2.40. The molecule has 0 radical (unpaired) electrons. The van der Waals surface area contributed by atoms with Crippen molar-refractivity contribution in [2.24, 2.45) is 0 Å². The average Bonchev–Trinajstić information content (AvgIpc) is 3.20. The second-order valence-corrected chi connectivity index (χ2v) is 7.89. The quantitative estimate of drug-likeness (QED) is 0.674. The molecule has 3 aromatic heterocycles. The van der Waals surface area contributed by atoms with E-state index in [0.717, 1.165) is 20.7 Å². The van der Waals surface area contributed by atoms with Gasteiger partial charge in [0.15, 0.2) is 5.11 Å². The van der Waals surface area contributed by atoms with Crippen LogP contribution in [0, 0.1) is 0 Å². The molecular weight excluding hydrogens is 372 g/mol. The van der Waals surface area contributed by atoms with Crippen molar-refractivity contribution in [3.8, 4) is 0 Å². The maximum absolute atomic E-state index is 6.20. The molecule has 0 saturated carbocycles. The van der Waals surface area contributed by atoms with Gasteiger partial charge in [0.1, 0.15) is 0 Å². The van der Waals surface area contributed by atoms with Crippen molar-refractivity contribution < 1.29 is 0 Å². The number of rotatable bonds is 4. The van der Waals surface area contributed by atoms with Crippen LogP contribution in [0.4, 0.5) is 0 Å². The molecule has 4 nitrogen and oxygen atoms in total. The van der Waals surface area contributed by atoms with Gasteiger partial charge in [0, 0.05) is 30.0 Å². The molecule has 0 aromatic carbocycles. The lowest BCUT2D eigenvalue weighted by molar-refractivity contribution is 0.315. The van der Waals surface area contributed by atoms with E-state index >= 15 is 0 Å². The van der Waals surface area contributed by atoms with Gasteiger partial charge in [0.05, 0.1) is 22.1 Å². The van der Waals surface area contributed by atoms with E-state index in [0.29, 0.717) is 6.54 Å². The molecule has 0 spiro atoms. The summed E-state index contributed by atoms with van der Waals surface area (Å²) < 4.78 is 0.774. The Morgan fingerprint density at radius 2 is 1.96 bits per heavy atom. The molecule has 0 amide bonds. The summed E-state index contributed by atoms with van der Waals surface area (Å²) in [6.45, 7) is 0.706. The average molecular weight is 387 g/mol. The zero-order valence-electron chi connectivity index (χ0n) is 13.2. The Hall–Kier alpha value is -2.02. The Balaban J connectivity index is 1.72. The summed E-state index contributed by atoms with van der Waals surface area (Å²) in [5.41, 5.74) is 2.13. The molecule has 1 fully saturated rings. The third-order valence-corrected chi connectivity index (χ3v) is 5.84. The minimum absolute atomic E-state index is 0.00902. The molecule has 4 rings (SSSR count). The predicted octanol–water partition coefficient (Wildman–Crippen LogP) is 4.36. The van der Waals surface area contributed by atoms with Crippen LogP contribution in [0.25, 0.3) is 0 Å². The molecule has 0 unspecified atom stereocenters. The lowest BCUT2D eigenvalue weighted by Gasteiger charge is -2.26. The minimum Gasteiger partial charge on any atom is -0.352 e. The van der Waals surface area contributed by atoms with Gasteiger partial charge >= 0.3 is 0 Å². The van der Waals surface area contributed by atoms with E-state index < -0.39 is 0 Å². The first kappa shape index (κ1) is 16.4. The fourth-order valence-corrected chi connectivity index (χ4v) is 4.57. The van der Waals surface area contributed by atoms with E-state index in [-0.39, 0.29) is 12.1 Å². The normalized spacial score (nSPS) is 19.9. The molecule has 0 bridgehead atoms. The molecule has 25 heavy (non-hydrogen) atoms. The molecule has 2 atom stereocenters. The van der Waals surface area contributed by atoms with Gasteiger partial charge in [-0.3, -0.25) is 9.97 Å². The Bertz CT molecular complexity index is 869. The molecule has 4 heterocycles. The monoisotopic (exact) mass is 386 g/mol. The molecule has 126 valence electrons. The molecule has 0 aliphatic carbocycles. The first-order valence-corrected chi connectivity index (χ1v) is 9.45. The summed E-state index contributed by atoms with van der Waals surface area (Å²) >= 11 is 13.4. The summed E-state index contributed by atoms with van der Waals surface area (Å²) in [6, 6.07) is 14.0. The van der Waals surface area contributed by atoms with Crippen LogP contribution in [-0.4, -0.2) is 20.0 Å². The second kappa shape index (κ2) is 7.07. The fourth-order valence-electron chi connectivity index (χ4n) is 3.06. The number of aromatic nitrogens is 2. The maximum atomic E-state index is 6.20. The molecule has 1 aliphatic heterocycles. The largest absolute Gasteiger partial charge is 0.352 e. The topological polar surface area (TPSA) is 41.1 Å². The summed E-state index contributed by atoms with van der Waals surface area (Å²) in [6.07, 6.45) is 5.41. The summed E-state index contributed by atoms with van der Waals surface area (Å²) in [4.78, 5) is 12.0. The highest BCUT2D eigenvalue weighted by molar-refractivity contribution is 7.80. The molecule has 3 aromatic rings. The number of hydrogen-bond acceptors (Lipinski definition) is 4. The lowest BCUT2D eigenvalue weighted by atomic mass is 10.0. The van der Waals surface area contributed by atoms with Crippen molar-refractivity contribution in [3.05, 3.63) is 81.5 Å². The van der Waals surface area contributed by atoms with Crippen molar-refractivity contribution in [2.75, 3.05) is 0 Å². The van der Waals surface area contributed by atoms with Gasteiger partial charge in [-0.25, -0.2) is 0 Å². The standard InChI is InChI=1S/C18H15ClN4S2/c19-15-5-4-14(25-15)17-16(13-3-1-2-8-21-13)22-18(24)23(17)11-12-6-9-20-10-7-12/h1-10,16-17H,11H2,(H,22,24)/t16-,17+/m0/s1. The second-order valence-electron chi connectivity index (χ2n) is 5.75. The Morgan fingerprint density at radius 3 is 2.64 bits per heavy atom. The Morgan fingerprint density at radius 1 is 1.12 bits per heavy atom. The number of thiocarbonyl (C=S) groups is 1. The van der Waals surface area contributed by atoms with Crippen LogP contribution in [0.15, 0.2) is 61.1 Å².